The van der Waals surface area contributed by atoms with Gasteiger partial charge in [-0.1, -0.05) is 41.5 Å². The zero-order valence-electron chi connectivity index (χ0n) is 27.7. The molecule has 16 heteroatoms. The molecule has 0 spiro atoms. The van der Waals surface area contributed by atoms with E-state index in [2.05, 4.69) is 26.3 Å². The third-order valence-electron chi connectivity index (χ3n) is 7.99. The monoisotopic (exact) mass is 644 g/mol. The van der Waals surface area contributed by atoms with E-state index in [1.165, 1.54) is 27.8 Å². The van der Waals surface area contributed by atoms with Crippen molar-refractivity contribution in [1.29, 1.82) is 0 Å². The molecule has 0 saturated heterocycles. The van der Waals surface area contributed by atoms with E-state index in [4.69, 9.17) is 17.2 Å². The van der Waals surface area contributed by atoms with Crippen LogP contribution < -0.4 is 38.5 Å². The number of hydrogen-bond acceptors (Lipinski definition) is 9. The Labute approximate surface area is 265 Å². The molecule has 0 saturated carbocycles. The van der Waals surface area contributed by atoms with Gasteiger partial charge in [0.2, 0.25) is 23.6 Å². The van der Waals surface area contributed by atoms with E-state index in [0.717, 1.165) is 0 Å². The minimum atomic E-state index is -2.12. The molecule has 0 aliphatic heterocycles. The van der Waals surface area contributed by atoms with Crippen LogP contribution in [0, 0.1) is 29.6 Å². The zero-order chi connectivity index (χ0) is 35.2. The van der Waals surface area contributed by atoms with E-state index in [-0.39, 0.29) is 31.3 Å². The van der Waals surface area contributed by atoms with E-state index in [1.54, 1.807) is 6.92 Å². The summed E-state index contributed by atoms with van der Waals surface area (Å²) in [4.78, 5) is 66.9. The molecule has 0 fully saturated rings. The van der Waals surface area contributed by atoms with Crippen molar-refractivity contribution < 1.29 is 39.3 Å². The van der Waals surface area contributed by atoms with Crippen molar-refractivity contribution in [3.8, 4) is 0 Å². The maximum atomic E-state index is 13.1. The van der Waals surface area contributed by atoms with Crippen molar-refractivity contribution in [2.75, 3.05) is 13.6 Å². The van der Waals surface area contributed by atoms with Gasteiger partial charge in [0, 0.05) is 19.5 Å². The number of carbonyl (C=O) groups is 5. The highest BCUT2D eigenvalue weighted by molar-refractivity contribution is 5.91. The molecule has 0 aliphatic carbocycles. The number of nitrogens with one attached hydrogen (secondary N) is 4. The first-order valence-electron chi connectivity index (χ1n) is 15.3. The zero-order valence-corrected chi connectivity index (χ0v) is 27.7. The molecule has 0 aromatic carbocycles. The number of nitrogens with two attached hydrogens (primary N) is 3. The molecule has 0 radical (unpaired) electrons. The predicted molar refractivity (Wildman–Crippen MR) is 169 cm³/mol. The number of aliphatic imine (C=N–C) groups is 1. The largest absolute Gasteiger partial charge is 0.392 e. The summed E-state index contributed by atoms with van der Waals surface area (Å²) in [5.74, 6) is -6.20. The average molecular weight is 645 g/mol. The second-order valence-corrected chi connectivity index (χ2v) is 12.3. The Balaban J connectivity index is 5.79. The van der Waals surface area contributed by atoms with Gasteiger partial charge in [0.15, 0.2) is 12.1 Å². The van der Waals surface area contributed by atoms with Crippen LogP contribution in [0.1, 0.15) is 67.7 Å². The second-order valence-electron chi connectivity index (χ2n) is 12.3. The smallest absolute Gasteiger partial charge is 0.252 e. The van der Waals surface area contributed by atoms with Crippen molar-refractivity contribution in [3.05, 3.63) is 0 Å². The number of nitrogens with zero attached hydrogens (tertiary/aromatic N) is 1. The van der Waals surface area contributed by atoms with Crippen LogP contribution in [0.25, 0.3) is 0 Å². The summed E-state index contributed by atoms with van der Waals surface area (Å²) < 4.78 is 0. The molecule has 10 unspecified atom stereocenters. The number of aliphatic hydroxyl groups excluding tert-OH is 3. The number of amides is 5. The molecule has 0 aromatic rings. The van der Waals surface area contributed by atoms with Crippen LogP contribution >= 0.6 is 0 Å². The van der Waals surface area contributed by atoms with E-state index in [9.17, 15) is 39.3 Å². The summed E-state index contributed by atoms with van der Waals surface area (Å²) in [7, 11) is 1.32. The van der Waals surface area contributed by atoms with Gasteiger partial charge in [-0.3, -0.25) is 29.0 Å². The van der Waals surface area contributed by atoms with Crippen LogP contribution in [0.15, 0.2) is 4.99 Å². The van der Waals surface area contributed by atoms with Gasteiger partial charge >= 0.3 is 0 Å². The summed E-state index contributed by atoms with van der Waals surface area (Å²) in [6.45, 7) is 11.9. The second kappa shape index (κ2) is 19.8. The third-order valence-corrected chi connectivity index (χ3v) is 7.99. The normalized spacial score (nSPS) is 18.0. The molecule has 0 aromatic heterocycles. The first-order valence-corrected chi connectivity index (χ1v) is 15.3. The lowest BCUT2D eigenvalue weighted by Gasteiger charge is -2.31. The molecule has 10 atom stereocenters. The van der Waals surface area contributed by atoms with Gasteiger partial charge in [0.05, 0.1) is 18.1 Å². The summed E-state index contributed by atoms with van der Waals surface area (Å²) in [6.07, 6.45) is -4.00. The minimum absolute atomic E-state index is 0.00448. The Hall–Kier alpha value is -3.50. The highest BCUT2D eigenvalue weighted by Crippen LogP contribution is 2.21. The molecule has 45 heavy (non-hydrogen) atoms. The fourth-order valence-corrected chi connectivity index (χ4v) is 4.85. The van der Waals surface area contributed by atoms with E-state index >= 15 is 0 Å². The summed E-state index contributed by atoms with van der Waals surface area (Å²) in [6, 6.07) is -3.61. The Kier molecular flexibility index (Phi) is 18.3. The lowest BCUT2D eigenvalue weighted by atomic mass is 9.87. The summed E-state index contributed by atoms with van der Waals surface area (Å²) in [5, 5.41) is 42.2. The Morgan fingerprint density at radius 1 is 0.733 bits per heavy atom. The third kappa shape index (κ3) is 14.0. The van der Waals surface area contributed by atoms with Gasteiger partial charge in [0.25, 0.3) is 5.91 Å². The van der Waals surface area contributed by atoms with E-state index in [0.29, 0.717) is 12.3 Å². The van der Waals surface area contributed by atoms with Crippen LogP contribution in [-0.2, 0) is 24.0 Å². The number of aliphatic hydroxyl groups is 3. The van der Waals surface area contributed by atoms with Crippen molar-refractivity contribution in [3.63, 3.8) is 0 Å². The molecule has 0 rings (SSSR count). The Bertz CT molecular complexity index is 1020. The highest BCUT2D eigenvalue weighted by atomic mass is 16.3. The number of carbonyl (C=O) groups excluding carboxylic acids is 5. The Morgan fingerprint density at radius 2 is 1.31 bits per heavy atom. The molecule has 0 aliphatic rings. The van der Waals surface area contributed by atoms with Gasteiger partial charge in [-0.15, -0.1) is 0 Å². The van der Waals surface area contributed by atoms with E-state index in [1.807, 2.05) is 20.8 Å². The highest BCUT2D eigenvalue weighted by Gasteiger charge is 2.38. The lowest BCUT2D eigenvalue weighted by Crippen LogP contribution is -2.59. The predicted octanol–water partition coefficient (Wildman–Crippen LogP) is -2.58. The molecule has 0 bridgehead atoms. The topological polar surface area (TPSA) is 285 Å². The average Bonchev–Trinajstić information content (AvgIpc) is 2.97. The van der Waals surface area contributed by atoms with Crippen molar-refractivity contribution in [2.45, 2.75) is 104 Å². The van der Waals surface area contributed by atoms with Crippen molar-refractivity contribution >= 4 is 35.5 Å². The van der Waals surface area contributed by atoms with Gasteiger partial charge < -0.3 is 53.8 Å². The number of rotatable bonds is 20. The first kappa shape index (κ1) is 41.5. The van der Waals surface area contributed by atoms with Gasteiger partial charge in [-0.25, -0.2) is 0 Å². The number of likely N-dealkylation sites (N-methyl/N-ethyl adjacent to an activating group) is 1. The van der Waals surface area contributed by atoms with Crippen LogP contribution in [0.5, 0.6) is 0 Å². The van der Waals surface area contributed by atoms with Crippen LogP contribution in [0.4, 0.5) is 0 Å². The summed E-state index contributed by atoms with van der Waals surface area (Å²) in [5.41, 5.74) is 16.1. The summed E-state index contributed by atoms with van der Waals surface area (Å²) >= 11 is 0. The molecule has 13 N–H and O–H groups in total. The molecular weight excluding hydrogens is 588 g/mol. The van der Waals surface area contributed by atoms with Gasteiger partial charge in [0.1, 0.15) is 18.2 Å². The molecular formula is C29H56N8O8. The first-order chi connectivity index (χ1) is 20.8. The number of guanidine groups is 1. The van der Waals surface area contributed by atoms with Crippen LogP contribution in [0.3, 0.4) is 0 Å². The van der Waals surface area contributed by atoms with Crippen molar-refractivity contribution in [2.24, 2.45) is 51.8 Å². The molecule has 260 valence electrons. The van der Waals surface area contributed by atoms with Gasteiger partial charge in [-0.2, -0.15) is 0 Å². The van der Waals surface area contributed by atoms with Crippen molar-refractivity contribution in [1.82, 2.24) is 21.3 Å². The van der Waals surface area contributed by atoms with E-state index < -0.39 is 83.7 Å². The fourth-order valence-electron chi connectivity index (χ4n) is 4.85. The standard InChI is InChI=1S/C29H56N8O8/c1-13(2)12-14(3)21(38)17(6)25(42)35-18(7)26(43)36-19(10-9-11-34-29(31)32)22(39)23(40)28(45)37-20(27(44)33-8)15(4)16(5)24(30)41/h13-23,38-40H,9-12H2,1-8H3,(H2,30,41)(H,33,44)(H,35,42)(H,36,43)(H,37,45)(H4,31,32,34). The van der Waals surface area contributed by atoms with Crippen LogP contribution in [0.2, 0.25) is 0 Å². The Morgan fingerprint density at radius 3 is 1.80 bits per heavy atom. The number of hydrogen-bond donors (Lipinski definition) is 10. The lowest BCUT2D eigenvalue weighted by molar-refractivity contribution is -0.142. The maximum absolute atomic E-state index is 13.1. The maximum Gasteiger partial charge on any atom is 0.252 e. The SMILES string of the molecule is CNC(=O)C(NC(=O)C(O)C(O)C(CCCN=C(N)N)NC(=O)C(C)NC(=O)C(C)C(O)C(C)CC(C)C)C(C)C(C)C(N)=O. The number of primary amides is 1. The molecule has 0 heterocycles. The minimum Gasteiger partial charge on any atom is -0.392 e. The fraction of sp³-hybridized carbons (Fsp3) is 0.793. The molecule has 5 amide bonds. The molecule has 16 nitrogen and oxygen atoms in total. The van der Waals surface area contributed by atoms with Gasteiger partial charge in [-0.05, 0) is 43.9 Å². The quantitative estimate of drug-likeness (QED) is 0.0375. The van der Waals surface area contributed by atoms with Crippen LogP contribution in [-0.4, -0.2) is 101 Å².